The Morgan fingerprint density at radius 3 is 2.49 bits per heavy atom. The van der Waals surface area contributed by atoms with Crippen molar-refractivity contribution < 1.29 is 19.4 Å². The van der Waals surface area contributed by atoms with Gasteiger partial charge in [-0.2, -0.15) is 0 Å². The molecule has 4 aromatic rings. The van der Waals surface area contributed by atoms with Gasteiger partial charge in [0, 0.05) is 19.9 Å². The fourth-order valence-electron chi connectivity index (χ4n) is 4.26. The van der Waals surface area contributed by atoms with Crippen LogP contribution in [0.4, 0.5) is 0 Å². The number of unbranched alkanes of at least 4 members (excludes halogenated alkanes) is 1. The summed E-state index contributed by atoms with van der Waals surface area (Å²) in [6, 6.07) is 14.2. The van der Waals surface area contributed by atoms with Crippen molar-refractivity contribution in [3.63, 3.8) is 0 Å². The van der Waals surface area contributed by atoms with E-state index in [1.807, 2.05) is 24.3 Å². The number of ether oxygens (including phenoxy) is 1. The van der Waals surface area contributed by atoms with E-state index < -0.39 is 23.1 Å². The number of benzene rings is 2. The highest BCUT2D eigenvalue weighted by Crippen LogP contribution is 2.25. The Hall–Kier alpha value is -4.47. The molecule has 2 aromatic heterocycles. The number of aryl methyl sites for hydroxylation is 1. The minimum atomic E-state index is -0.997. The van der Waals surface area contributed by atoms with Gasteiger partial charge >= 0.3 is 11.9 Å². The van der Waals surface area contributed by atoms with Crippen molar-refractivity contribution in [1.82, 2.24) is 19.3 Å². The number of nitrogens with one attached hydrogen (secondary N) is 1. The lowest BCUT2D eigenvalue weighted by Crippen LogP contribution is -2.32. The molecule has 0 aliphatic rings. The molecule has 37 heavy (non-hydrogen) atoms. The molecule has 0 radical (unpaired) electrons. The van der Waals surface area contributed by atoms with Crippen LogP contribution in [0.3, 0.4) is 0 Å². The number of rotatable bonds is 10. The van der Waals surface area contributed by atoms with E-state index in [9.17, 15) is 24.3 Å². The topological polar surface area (TPSA) is 136 Å². The summed E-state index contributed by atoms with van der Waals surface area (Å²) in [6.07, 6.45) is 2.36. The number of aromatic amines is 1. The highest BCUT2D eigenvalue weighted by Gasteiger charge is 2.19. The zero-order valence-electron chi connectivity index (χ0n) is 20.7. The van der Waals surface area contributed by atoms with Crippen LogP contribution in [0.1, 0.15) is 48.4 Å². The Labute approximate surface area is 212 Å². The molecule has 2 N–H and O–H groups in total. The largest absolute Gasteiger partial charge is 0.478 e. The normalized spacial score (nSPS) is 11.1. The Morgan fingerprint density at radius 1 is 1.08 bits per heavy atom. The average molecular weight is 505 g/mol. The van der Waals surface area contributed by atoms with Crippen molar-refractivity contribution in [2.45, 2.75) is 46.2 Å². The Bertz CT molecular complexity index is 1560. The van der Waals surface area contributed by atoms with Crippen LogP contribution in [0.5, 0.6) is 0 Å². The van der Waals surface area contributed by atoms with Crippen molar-refractivity contribution in [2.24, 2.45) is 0 Å². The zero-order chi connectivity index (χ0) is 26.5. The molecule has 10 heteroatoms. The number of hydrogen-bond acceptors (Lipinski definition) is 6. The first-order chi connectivity index (χ1) is 17.8. The lowest BCUT2D eigenvalue weighted by Gasteiger charge is -2.11. The van der Waals surface area contributed by atoms with Crippen LogP contribution in [0, 0.1) is 0 Å². The van der Waals surface area contributed by atoms with E-state index in [2.05, 4.69) is 17.0 Å². The number of hydrogen-bond donors (Lipinski definition) is 2. The minimum Gasteiger partial charge on any atom is -0.478 e. The van der Waals surface area contributed by atoms with Crippen LogP contribution in [0.25, 0.3) is 22.2 Å². The molecule has 0 saturated carbocycles. The fraction of sp³-hybridized carbons (Fsp3) is 0.296. The molecule has 0 amide bonds. The fourth-order valence-corrected chi connectivity index (χ4v) is 4.26. The summed E-state index contributed by atoms with van der Waals surface area (Å²) < 4.78 is 7.78. The van der Waals surface area contributed by atoms with Crippen LogP contribution < -0.4 is 11.1 Å². The predicted molar refractivity (Wildman–Crippen MR) is 138 cm³/mol. The summed E-state index contributed by atoms with van der Waals surface area (Å²) in [5.41, 5.74) is 1.81. The number of aromatic nitrogens is 4. The molecule has 192 valence electrons. The molecular weight excluding hydrogens is 476 g/mol. The summed E-state index contributed by atoms with van der Waals surface area (Å²) in [5, 5.41) is 12.1. The first kappa shape index (κ1) is 25.6. The standard InChI is InChI=1S/C27H28N4O6/c1-3-4-9-22-28-23-24(25(33)29-31(26(23)34)14-15-37-17(2)32)30(22)16-18-10-12-19(13-11-18)20-7-5-6-8-21(20)27(35)36/h5-8,10-13H,3-4,9,14-16H2,1-2H3,(H,29,33)(H,35,36). The van der Waals surface area contributed by atoms with Gasteiger partial charge < -0.3 is 14.4 Å². The Morgan fingerprint density at radius 2 is 1.81 bits per heavy atom. The van der Waals surface area contributed by atoms with Gasteiger partial charge in [0.15, 0.2) is 5.52 Å². The number of H-pyrrole nitrogens is 1. The molecule has 0 atom stereocenters. The summed E-state index contributed by atoms with van der Waals surface area (Å²) in [6.45, 7) is 3.61. The maximum Gasteiger partial charge on any atom is 0.336 e. The molecule has 2 heterocycles. The number of carboxylic acid groups (broad SMARTS) is 1. The van der Waals surface area contributed by atoms with Crippen molar-refractivity contribution in [3.05, 3.63) is 86.2 Å². The van der Waals surface area contributed by atoms with E-state index >= 15 is 0 Å². The van der Waals surface area contributed by atoms with Gasteiger partial charge in [-0.05, 0) is 29.2 Å². The monoisotopic (exact) mass is 504 g/mol. The number of carbonyl (C=O) groups is 2. The highest BCUT2D eigenvalue weighted by molar-refractivity contribution is 5.96. The summed E-state index contributed by atoms with van der Waals surface area (Å²) >= 11 is 0. The number of esters is 1. The maximum atomic E-state index is 13.1. The zero-order valence-corrected chi connectivity index (χ0v) is 20.7. The lowest BCUT2D eigenvalue weighted by molar-refractivity contribution is -0.141. The summed E-state index contributed by atoms with van der Waals surface area (Å²) in [4.78, 5) is 53.3. The summed E-state index contributed by atoms with van der Waals surface area (Å²) in [7, 11) is 0. The molecule has 4 rings (SSSR count). The molecule has 0 unspecified atom stereocenters. The second-order valence-corrected chi connectivity index (χ2v) is 8.70. The third kappa shape index (κ3) is 5.53. The number of nitrogens with zero attached hydrogens (tertiary/aromatic N) is 3. The van der Waals surface area contributed by atoms with Gasteiger partial charge in [0.25, 0.3) is 11.1 Å². The van der Waals surface area contributed by atoms with Crippen molar-refractivity contribution in [2.75, 3.05) is 6.61 Å². The smallest absolute Gasteiger partial charge is 0.336 e. The molecule has 0 aliphatic heterocycles. The third-order valence-corrected chi connectivity index (χ3v) is 6.08. The van der Waals surface area contributed by atoms with Crippen molar-refractivity contribution in [3.8, 4) is 11.1 Å². The van der Waals surface area contributed by atoms with Gasteiger partial charge in [-0.25, -0.2) is 14.5 Å². The first-order valence-electron chi connectivity index (χ1n) is 12.1. The van der Waals surface area contributed by atoms with Gasteiger partial charge in [-0.3, -0.25) is 19.5 Å². The van der Waals surface area contributed by atoms with Gasteiger partial charge in [0.05, 0.1) is 12.1 Å². The molecule has 0 aliphatic carbocycles. The quantitative estimate of drug-likeness (QED) is 0.317. The van der Waals surface area contributed by atoms with E-state index in [0.717, 1.165) is 28.7 Å². The van der Waals surface area contributed by atoms with Crippen LogP contribution in [0.15, 0.2) is 58.1 Å². The minimum absolute atomic E-state index is 0.0139. The van der Waals surface area contributed by atoms with Crippen molar-refractivity contribution in [1.29, 1.82) is 0 Å². The molecule has 0 spiro atoms. The van der Waals surface area contributed by atoms with Crippen LogP contribution in [-0.4, -0.2) is 43.0 Å². The van der Waals surface area contributed by atoms with E-state index in [0.29, 0.717) is 24.4 Å². The van der Waals surface area contributed by atoms with E-state index in [1.165, 1.54) is 6.92 Å². The number of carbonyl (C=O) groups excluding carboxylic acids is 1. The predicted octanol–water partition coefficient (Wildman–Crippen LogP) is 3.21. The third-order valence-electron chi connectivity index (χ3n) is 6.08. The second kappa shape index (κ2) is 11.1. The van der Waals surface area contributed by atoms with Crippen LogP contribution >= 0.6 is 0 Å². The lowest BCUT2D eigenvalue weighted by atomic mass is 9.99. The SMILES string of the molecule is CCCCc1nc2c(=O)n(CCOC(C)=O)[nH]c(=O)c2n1Cc1ccc(-c2ccccc2C(=O)O)cc1. The Balaban J connectivity index is 1.71. The second-order valence-electron chi connectivity index (χ2n) is 8.70. The number of fused-ring (bicyclic) bond motifs is 1. The van der Waals surface area contributed by atoms with Crippen LogP contribution in [-0.2, 0) is 29.0 Å². The van der Waals surface area contributed by atoms with Gasteiger partial charge in [-0.1, -0.05) is 55.8 Å². The van der Waals surface area contributed by atoms with Crippen molar-refractivity contribution >= 4 is 23.0 Å². The van der Waals surface area contributed by atoms with E-state index in [-0.39, 0.29) is 29.7 Å². The van der Waals surface area contributed by atoms with Crippen LogP contribution in [0.2, 0.25) is 0 Å². The molecule has 0 saturated heterocycles. The highest BCUT2D eigenvalue weighted by atomic mass is 16.5. The molecule has 10 nitrogen and oxygen atoms in total. The Kier molecular flexibility index (Phi) is 7.66. The molecule has 0 fully saturated rings. The number of aromatic carboxylic acids is 1. The number of carboxylic acids is 1. The summed E-state index contributed by atoms with van der Waals surface area (Å²) in [5.74, 6) is -0.833. The van der Waals surface area contributed by atoms with Gasteiger partial charge in [0.2, 0.25) is 0 Å². The molecular formula is C27H28N4O6. The van der Waals surface area contributed by atoms with E-state index in [4.69, 9.17) is 4.74 Å². The molecule has 0 bridgehead atoms. The van der Waals surface area contributed by atoms with Gasteiger partial charge in [-0.15, -0.1) is 0 Å². The number of imidazole rings is 1. The van der Waals surface area contributed by atoms with Gasteiger partial charge in [0.1, 0.15) is 17.9 Å². The first-order valence-corrected chi connectivity index (χ1v) is 12.1. The maximum absolute atomic E-state index is 13.1. The average Bonchev–Trinajstić information content (AvgIpc) is 3.24. The molecule has 2 aromatic carbocycles. The van der Waals surface area contributed by atoms with E-state index in [1.54, 1.807) is 28.8 Å².